The Kier molecular flexibility index (Phi) is 5.57. The fourth-order valence-corrected chi connectivity index (χ4v) is 8.85. The lowest BCUT2D eigenvalue weighted by Gasteiger charge is -2.64. The second kappa shape index (κ2) is 7.49. The van der Waals surface area contributed by atoms with Crippen molar-refractivity contribution < 1.29 is 20.1 Å². The summed E-state index contributed by atoms with van der Waals surface area (Å²) in [5.41, 5.74) is 6.49. The van der Waals surface area contributed by atoms with Crippen LogP contribution in [-0.4, -0.2) is 39.5 Å². The number of aliphatic carboxylic acids is 1. The van der Waals surface area contributed by atoms with Gasteiger partial charge in [-0.1, -0.05) is 27.2 Å². The molecule has 0 spiro atoms. The van der Waals surface area contributed by atoms with Crippen molar-refractivity contribution in [2.75, 3.05) is 0 Å². The van der Waals surface area contributed by atoms with Gasteiger partial charge in [0.15, 0.2) is 0 Å². The van der Waals surface area contributed by atoms with Gasteiger partial charge in [-0.3, -0.25) is 4.79 Å². The molecule has 29 heavy (non-hydrogen) atoms. The maximum absolute atomic E-state index is 11.5. The average Bonchev–Trinajstić information content (AvgIpc) is 3.01. The van der Waals surface area contributed by atoms with Gasteiger partial charge in [-0.2, -0.15) is 0 Å². The number of hydrogen-bond acceptors (Lipinski definition) is 4. The van der Waals surface area contributed by atoms with Gasteiger partial charge in [0.2, 0.25) is 0 Å². The molecule has 5 nitrogen and oxygen atoms in total. The van der Waals surface area contributed by atoms with Gasteiger partial charge >= 0.3 is 5.97 Å². The van der Waals surface area contributed by atoms with Gasteiger partial charge < -0.3 is 21.1 Å². The predicted octanol–water partition coefficient (Wildman–Crippen LogP) is 3.42. The van der Waals surface area contributed by atoms with E-state index in [1.807, 2.05) is 0 Å². The Bertz CT molecular complexity index is 640. The van der Waals surface area contributed by atoms with Gasteiger partial charge in [0.1, 0.15) is 0 Å². The summed E-state index contributed by atoms with van der Waals surface area (Å²) < 4.78 is 0. The van der Waals surface area contributed by atoms with Crippen molar-refractivity contribution in [3.63, 3.8) is 0 Å². The summed E-state index contributed by atoms with van der Waals surface area (Å²) in [5, 5.41) is 31.9. The van der Waals surface area contributed by atoms with Crippen molar-refractivity contribution in [1.82, 2.24) is 0 Å². The molecule has 5 heteroatoms. The molecule has 0 aromatic heterocycles. The first-order chi connectivity index (χ1) is 13.6. The first-order valence-corrected chi connectivity index (χ1v) is 11.9. The summed E-state index contributed by atoms with van der Waals surface area (Å²) in [7, 11) is 0. The Labute approximate surface area is 175 Å². The van der Waals surface area contributed by atoms with Crippen LogP contribution in [0.15, 0.2) is 0 Å². The summed E-state index contributed by atoms with van der Waals surface area (Å²) in [6.07, 6.45) is 7.16. The number of carbonyl (C=O) groups is 1. The molecule has 0 bridgehead atoms. The lowest BCUT2D eigenvalue weighted by molar-refractivity contribution is -0.205. The zero-order valence-electron chi connectivity index (χ0n) is 18.4. The number of rotatable bonds is 4. The topological polar surface area (TPSA) is 104 Å². The van der Waals surface area contributed by atoms with E-state index >= 15 is 0 Å². The molecule has 4 fully saturated rings. The SMILES string of the molecule is C[C@H](CCC(=O)O)[C@H]1CC[C@H]2[C@@H]3C(O)CC4CCCC(N)[C@]4(C)[C@H]3CC(O)[C@]12C. The number of fused-ring (bicyclic) bond motifs is 5. The molecule has 0 amide bonds. The molecule has 4 aliphatic carbocycles. The number of aliphatic hydroxyl groups excluding tert-OH is 2. The molecule has 0 aliphatic heterocycles. The minimum Gasteiger partial charge on any atom is -0.481 e. The van der Waals surface area contributed by atoms with Crippen molar-refractivity contribution in [1.29, 1.82) is 0 Å². The molecule has 0 radical (unpaired) electrons. The molecule has 4 aliphatic rings. The van der Waals surface area contributed by atoms with Crippen molar-refractivity contribution in [3.8, 4) is 0 Å². The largest absolute Gasteiger partial charge is 0.481 e. The third-order valence-electron chi connectivity index (χ3n) is 10.5. The fraction of sp³-hybridized carbons (Fsp3) is 0.958. The monoisotopic (exact) mass is 407 g/mol. The predicted molar refractivity (Wildman–Crippen MR) is 112 cm³/mol. The average molecular weight is 408 g/mol. The van der Waals surface area contributed by atoms with Gasteiger partial charge in [0.25, 0.3) is 0 Å². The van der Waals surface area contributed by atoms with Gasteiger partial charge in [-0.15, -0.1) is 0 Å². The van der Waals surface area contributed by atoms with E-state index in [2.05, 4.69) is 20.8 Å². The number of hydrogen-bond donors (Lipinski definition) is 4. The highest BCUT2D eigenvalue weighted by Gasteiger charge is 2.66. The zero-order valence-corrected chi connectivity index (χ0v) is 18.4. The lowest BCUT2D eigenvalue weighted by Crippen LogP contribution is -2.65. The molecule has 0 saturated heterocycles. The third kappa shape index (κ3) is 3.10. The summed E-state index contributed by atoms with van der Waals surface area (Å²) >= 11 is 0. The molecule has 0 aromatic carbocycles. The summed E-state index contributed by atoms with van der Waals surface area (Å²) in [4.78, 5) is 11.1. The smallest absolute Gasteiger partial charge is 0.303 e. The standard InChI is InChI=1S/C24H41NO4/c1-13(7-10-21(28)29)15-8-9-16-22-17(12-20(27)24(15,16)3)23(2)14(11-18(22)26)5-4-6-19(23)25/h13-20,22,26-27H,4-12,25H2,1-3H3,(H,28,29)/t13-,14?,15-,16+,17+,18?,19?,20?,22+,23+,24-/m1/s1. The number of carboxylic acid groups (broad SMARTS) is 1. The van der Waals surface area contributed by atoms with Crippen LogP contribution in [0.5, 0.6) is 0 Å². The molecule has 4 saturated carbocycles. The second-order valence-electron chi connectivity index (χ2n) is 11.4. The molecular formula is C24H41NO4. The van der Waals surface area contributed by atoms with Crippen LogP contribution in [0.2, 0.25) is 0 Å². The van der Waals surface area contributed by atoms with Crippen LogP contribution < -0.4 is 5.73 Å². The van der Waals surface area contributed by atoms with E-state index in [0.29, 0.717) is 24.2 Å². The number of carboxylic acids is 1. The maximum atomic E-state index is 11.5. The van der Waals surface area contributed by atoms with Crippen LogP contribution in [0.25, 0.3) is 0 Å². The van der Waals surface area contributed by atoms with E-state index in [0.717, 1.165) is 44.9 Å². The van der Waals surface area contributed by atoms with Gasteiger partial charge in [-0.25, -0.2) is 0 Å². The van der Waals surface area contributed by atoms with Crippen LogP contribution in [0.3, 0.4) is 0 Å². The normalized spacial score (nSPS) is 52.9. The van der Waals surface area contributed by atoms with Gasteiger partial charge in [0, 0.05) is 12.5 Å². The zero-order chi connectivity index (χ0) is 21.1. The van der Waals surface area contributed by atoms with Crippen molar-refractivity contribution in [3.05, 3.63) is 0 Å². The van der Waals surface area contributed by atoms with E-state index < -0.39 is 12.1 Å². The Morgan fingerprint density at radius 3 is 2.48 bits per heavy atom. The molecule has 166 valence electrons. The molecule has 4 unspecified atom stereocenters. The van der Waals surface area contributed by atoms with Crippen LogP contribution in [0, 0.1) is 46.3 Å². The van der Waals surface area contributed by atoms with Crippen molar-refractivity contribution in [2.45, 2.75) is 96.8 Å². The highest BCUT2D eigenvalue weighted by atomic mass is 16.4. The van der Waals surface area contributed by atoms with Crippen molar-refractivity contribution >= 4 is 5.97 Å². The maximum Gasteiger partial charge on any atom is 0.303 e. The lowest BCUT2D eigenvalue weighted by atomic mass is 9.42. The highest BCUT2D eigenvalue weighted by molar-refractivity contribution is 5.66. The minimum atomic E-state index is -0.742. The van der Waals surface area contributed by atoms with Crippen LogP contribution in [0.4, 0.5) is 0 Å². The minimum absolute atomic E-state index is 0.0114. The van der Waals surface area contributed by atoms with Crippen LogP contribution in [-0.2, 0) is 4.79 Å². The Morgan fingerprint density at radius 2 is 1.79 bits per heavy atom. The second-order valence-corrected chi connectivity index (χ2v) is 11.4. The first kappa shape index (κ1) is 21.6. The van der Waals surface area contributed by atoms with E-state index in [-0.39, 0.29) is 47.2 Å². The fourth-order valence-electron chi connectivity index (χ4n) is 8.85. The van der Waals surface area contributed by atoms with E-state index in [9.17, 15) is 15.0 Å². The first-order valence-electron chi connectivity index (χ1n) is 11.9. The molecule has 0 aromatic rings. The van der Waals surface area contributed by atoms with E-state index in [1.54, 1.807) is 0 Å². The molecular weight excluding hydrogens is 366 g/mol. The quantitative estimate of drug-likeness (QED) is 0.572. The van der Waals surface area contributed by atoms with Crippen LogP contribution in [0.1, 0.15) is 78.6 Å². The number of nitrogens with two attached hydrogens (primary N) is 1. The summed E-state index contributed by atoms with van der Waals surface area (Å²) in [5.74, 6) is 1.11. The van der Waals surface area contributed by atoms with E-state index in [1.165, 1.54) is 0 Å². The third-order valence-corrected chi connectivity index (χ3v) is 10.5. The Morgan fingerprint density at radius 1 is 1.07 bits per heavy atom. The molecule has 0 heterocycles. The molecule has 11 atom stereocenters. The Hall–Kier alpha value is -0.650. The summed E-state index contributed by atoms with van der Waals surface area (Å²) in [6.45, 7) is 6.74. The highest BCUT2D eigenvalue weighted by Crippen LogP contribution is 2.68. The Balaban J connectivity index is 1.64. The molecule has 4 rings (SSSR count). The van der Waals surface area contributed by atoms with E-state index in [4.69, 9.17) is 10.8 Å². The van der Waals surface area contributed by atoms with Crippen molar-refractivity contribution in [2.24, 2.45) is 52.1 Å². The number of aliphatic hydroxyl groups is 2. The van der Waals surface area contributed by atoms with Crippen LogP contribution >= 0.6 is 0 Å². The summed E-state index contributed by atoms with van der Waals surface area (Å²) in [6, 6.07) is 0.157. The van der Waals surface area contributed by atoms with Gasteiger partial charge in [0.05, 0.1) is 12.2 Å². The van der Waals surface area contributed by atoms with Gasteiger partial charge in [-0.05, 0) is 91.3 Å². The molecule has 5 N–H and O–H groups in total.